The minimum atomic E-state index is -0.635. The van der Waals surface area contributed by atoms with E-state index in [1.807, 2.05) is 24.5 Å². The summed E-state index contributed by atoms with van der Waals surface area (Å²) in [5.74, 6) is 1.01. The van der Waals surface area contributed by atoms with Gasteiger partial charge >= 0.3 is 5.97 Å². The van der Waals surface area contributed by atoms with Gasteiger partial charge in [-0.3, -0.25) is 9.78 Å². The molecular weight excluding hydrogens is 667 g/mol. The Hall–Kier alpha value is -2.66. The second-order valence-corrected chi connectivity index (χ2v) is 19.6. The Morgan fingerprint density at radius 1 is 1.02 bits per heavy atom. The lowest BCUT2D eigenvalue weighted by Crippen LogP contribution is -2.70. The maximum absolute atomic E-state index is 13.6. The van der Waals surface area contributed by atoms with E-state index in [1.165, 1.54) is 5.57 Å². The molecule has 0 spiro atoms. The molecule has 2 aromatic heterocycles. The van der Waals surface area contributed by atoms with Crippen LogP contribution in [0.15, 0.2) is 42.5 Å². The van der Waals surface area contributed by atoms with E-state index in [4.69, 9.17) is 30.0 Å². The first-order chi connectivity index (χ1) is 25.1. The third-order valence-corrected chi connectivity index (χ3v) is 16.9. The number of aromatic nitrogens is 4. The van der Waals surface area contributed by atoms with Crippen LogP contribution in [0.1, 0.15) is 106 Å². The summed E-state index contributed by atoms with van der Waals surface area (Å²) in [6.45, 7) is 19.3. The molecule has 53 heavy (non-hydrogen) atoms. The Bertz CT molecular complexity index is 1720. The molecule has 5 fully saturated rings. The van der Waals surface area contributed by atoms with E-state index in [1.54, 1.807) is 6.33 Å². The molecule has 3 N–H and O–H groups in total. The van der Waals surface area contributed by atoms with Gasteiger partial charge < -0.3 is 25.1 Å². The van der Waals surface area contributed by atoms with E-state index < -0.39 is 28.3 Å². The highest BCUT2D eigenvalue weighted by molar-refractivity contribution is 5.73. The number of carboxylic acid groups (broad SMARTS) is 1. The fourth-order valence-electron chi connectivity index (χ4n) is 13.5. The van der Waals surface area contributed by atoms with E-state index in [0.29, 0.717) is 50.8 Å². The Balaban J connectivity index is 1.28. The zero-order valence-corrected chi connectivity index (χ0v) is 33.1. The van der Waals surface area contributed by atoms with Crippen LogP contribution in [0.3, 0.4) is 0 Å². The Labute approximate surface area is 316 Å². The molecule has 2 saturated heterocycles. The van der Waals surface area contributed by atoms with Gasteiger partial charge in [0.1, 0.15) is 6.33 Å². The standard InChI is InChI=1S/C43H63N5O5/c1-27(2)28(3)39(5)14-15-40(6)30-8-9-33-38(4)22-32(48-36(46-26-47-48)29-11-18-45-19-12-29)35(53-24-42(44)16-20-51-21-17-42)43(33,25-52-23-38)31(30)10-13-41(40,7)34(39)37(49)50/h10-12,18-19,26-28,30,32-35H,8-9,13-17,20-25,44H2,1-7H3,(H,49,50)/t28-,30+,32-,33-,34-,35+,38-,39-,40-,41+,43+/m1/s1. The van der Waals surface area contributed by atoms with E-state index in [0.717, 1.165) is 62.8 Å². The number of hydrogen-bond donors (Lipinski definition) is 2. The molecule has 11 atom stereocenters. The third kappa shape index (κ3) is 5.38. The minimum Gasteiger partial charge on any atom is -0.481 e. The summed E-state index contributed by atoms with van der Waals surface area (Å²) >= 11 is 0. The highest BCUT2D eigenvalue weighted by Gasteiger charge is 2.73. The number of hydrogen-bond acceptors (Lipinski definition) is 8. The van der Waals surface area contributed by atoms with Gasteiger partial charge in [-0.25, -0.2) is 9.67 Å². The maximum Gasteiger partial charge on any atom is 0.307 e. The number of ether oxygens (including phenoxy) is 3. The number of carboxylic acids is 1. The Morgan fingerprint density at radius 2 is 1.75 bits per heavy atom. The summed E-state index contributed by atoms with van der Waals surface area (Å²) in [4.78, 5) is 22.7. The number of pyridine rings is 1. The first-order valence-corrected chi connectivity index (χ1v) is 20.4. The van der Waals surface area contributed by atoms with Crippen molar-refractivity contribution in [1.82, 2.24) is 19.7 Å². The minimum absolute atomic E-state index is 0.108. The van der Waals surface area contributed by atoms with Crippen molar-refractivity contribution >= 4 is 5.97 Å². The van der Waals surface area contributed by atoms with Gasteiger partial charge in [0.2, 0.25) is 0 Å². The molecular formula is C43H63N5O5. The van der Waals surface area contributed by atoms with Crippen molar-refractivity contribution in [1.29, 1.82) is 0 Å². The van der Waals surface area contributed by atoms with Crippen LogP contribution in [0, 0.1) is 56.7 Å². The van der Waals surface area contributed by atoms with Gasteiger partial charge in [-0.05, 0) is 109 Å². The molecule has 10 heteroatoms. The summed E-state index contributed by atoms with van der Waals surface area (Å²) in [5.41, 5.74) is 7.62. The van der Waals surface area contributed by atoms with Crippen LogP contribution in [-0.4, -0.2) is 75.5 Å². The monoisotopic (exact) mass is 729 g/mol. The first-order valence-electron chi connectivity index (χ1n) is 20.4. The zero-order chi connectivity index (χ0) is 37.6. The topological polar surface area (TPSA) is 135 Å². The molecule has 10 nitrogen and oxygen atoms in total. The molecule has 4 heterocycles. The van der Waals surface area contributed by atoms with Crippen LogP contribution in [0.25, 0.3) is 11.4 Å². The molecule has 3 saturated carbocycles. The lowest BCUT2D eigenvalue weighted by atomic mass is 9.34. The van der Waals surface area contributed by atoms with Gasteiger partial charge in [0.05, 0.1) is 37.9 Å². The number of nitrogens with zero attached hydrogens (tertiary/aromatic N) is 4. The highest BCUT2D eigenvalue weighted by atomic mass is 16.5. The number of nitrogens with two attached hydrogens (primary N) is 1. The van der Waals surface area contributed by atoms with Crippen LogP contribution in [0.2, 0.25) is 0 Å². The summed E-state index contributed by atoms with van der Waals surface area (Å²) in [7, 11) is 0. The average Bonchev–Trinajstić information content (AvgIpc) is 3.62. The predicted octanol–water partition coefficient (Wildman–Crippen LogP) is 7.36. The summed E-state index contributed by atoms with van der Waals surface area (Å²) < 4.78 is 22.1. The van der Waals surface area contributed by atoms with Crippen molar-refractivity contribution in [2.24, 2.45) is 62.4 Å². The van der Waals surface area contributed by atoms with Gasteiger partial charge in [0.25, 0.3) is 0 Å². The average molecular weight is 730 g/mol. The van der Waals surface area contributed by atoms with Crippen LogP contribution in [0.5, 0.6) is 0 Å². The van der Waals surface area contributed by atoms with Gasteiger partial charge in [-0.2, -0.15) is 5.10 Å². The number of fused-ring (bicyclic) bond motifs is 3. The molecule has 6 aliphatic rings. The molecule has 0 aromatic carbocycles. The number of allylic oxidation sites excluding steroid dienone is 1. The van der Waals surface area contributed by atoms with E-state index in [9.17, 15) is 9.90 Å². The molecule has 290 valence electrons. The Kier molecular flexibility index (Phi) is 9.11. The molecule has 4 aliphatic carbocycles. The maximum atomic E-state index is 13.6. The summed E-state index contributed by atoms with van der Waals surface area (Å²) in [5, 5.41) is 16.2. The molecule has 0 unspecified atom stereocenters. The molecule has 2 aromatic rings. The normalized spacial score (nSPS) is 42.5. The number of carbonyl (C=O) groups is 1. The third-order valence-electron chi connectivity index (χ3n) is 16.9. The molecule has 2 bridgehead atoms. The van der Waals surface area contributed by atoms with Crippen LogP contribution in [0.4, 0.5) is 0 Å². The van der Waals surface area contributed by atoms with Gasteiger partial charge in [0.15, 0.2) is 5.82 Å². The van der Waals surface area contributed by atoms with Crippen LogP contribution in [-0.2, 0) is 19.0 Å². The zero-order valence-electron chi connectivity index (χ0n) is 33.1. The fraction of sp³-hybridized carbons (Fsp3) is 0.767. The van der Waals surface area contributed by atoms with Crippen LogP contribution >= 0.6 is 0 Å². The van der Waals surface area contributed by atoms with Crippen molar-refractivity contribution in [2.45, 2.75) is 118 Å². The Morgan fingerprint density at radius 3 is 2.45 bits per heavy atom. The van der Waals surface area contributed by atoms with Crippen molar-refractivity contribution in [3.8, 4) is 11.4 Å². The highest BCUT2D eigenvalue weighted by Crippen LogP contribution is 2.75. The van der Waals surface area contributed by atoms with E-state index in [2.05, 4.69) is 64.2 Å². The van der Waals surface area contributed by atoms with Crippen molar-refractivity contribution < 1.29 is 24.1 Å². The molecule has 0 amide bonds. The van der Waals surface area contributed by atoms with Gasteiger partial charge in [-0.15, -0.1) is 0 Å². The molecule has 8 rings (SSSR count). The van der Waals surface area contributed by atoms with Crippen LogP contribution < -0.4 is 5.73 Å². The second-order valence-electron chi connectivity index (χ2n) is 19.6. The fourth-order valence-corrected chi connectivity index (χ4v) is 13.5. The van der Waals surface area contributed by atoms with Gasteiger partial charge in [0, 0.05) is 42.1 Å². The first kappa shape index (κ1) is 37.3. The summed E-state index contributed by atoms with van der Waals surface area (Å²) in [6, 6.07) is 3.89. The lowest BCUT2D eigenvalue weighted by molar-refractivity contribution is -0.254. The molecule has 2 aliphatic heterocycles. The number of rotatable bonds is 8. The summed E-state index contributed by atoms with van der Waals surface area (Å²) in [6.07, 6.45) is 14.7. The van der Waals surface area contributed by atoms with E-state index >= 15 is 0 Å². The smallest absolute Gasteiger partial charge is 0.307 e. The predicted molar refractivity (Wildman–Crippen MR) is 203 cm³/mol. The van der Waals surface area contributed by atoms with Gasteiger partial charge in [-0.1, -0.05) is 60.1 Å². The van der Waals surface area contributed by atoms with Crippen molar-refractivity contribution in [3.05, 3.63) is 42.5 Å². The van der Waals surface area contributed by atoms with Crippen molar-refractivity contribution in [3.63, 3.8) is 0 Å². The second kappa shape index (κ2) is 13.0. The van der Waals surface area contributed by atoms with Crippen molar-refractivity contribution in [2.75, 3.05) is 33.0 Å². The quantitative estimate of drug-likeness (QED) is 0.267. The molecule has 0 radical (unpaired) electrons. The largest absolute Gasteiger partial charge is 0.481 e. The lowest BCUT2D eigenvalue weighted by Gasteiger charge is -2.71. The van der Waals surface area contributed by atoms with E-state index in [-0.39, 0.29) is 34.3 Å². The SMILES string of the molecule is CC(C)[C@@H](C)[C@@]1(C)CC[C@]2(C)[C@H]3CC[C@@H]4[C@@]5(C)COC[C@@]4(C3=CC[C@@]2(C)[C@@H]1C(=O)O)[C@@H](OCC1(N)CCOCC1)[C@H](n1ncnc1-c1ccncc1)C5. The number of aliphatic carboxylic acids is 1.